The molecule has 3 heteroatoms. The molecule has 1 rings (SSSR count). The molecule has 1 aliphatic rings. The Bertz CT molecular complexity index is 165. The molecule has 84 valence electrons. The molecule has 1 fully saturated rings. The Labute approximate surface area is 86.8 Å². The average Bonchev–Trinajstić information content (AvgIpc) is 2.11. The van der Waals surface area contributed by atoms with Crippen LogP contribution in [0, 0.1) is 0 Å². The minimum Gasteiger partial charge on any atom is -0.394 e. The van der Waals surface area contributed by atoms with Crippen LogP contribution in [0.1, 0.15) is 39.5 Å². The predicted molar refractivity (Wildman–Crippen MR) is 57.4 cm³/mol. The second-order valence-corrected chi connectivity index (χ2v) is 4.67. The van der Waals surface area contributed by atoms with Crippen LogP contribution in [0.15, 0.2) is 0 Å². The number of hydrogen-bond donors (Lipinski definition) is 2. The van der Waals surface area contributed by atoms with Crippen molar-refractivity contribution in [2.24, 2.45) is 0 Å². The molecule has 3 nitrogen and oxygen atoms in total. The molecule has 2 unspecified atom stereocenters. The molecule has 0 saturated heterocycles. The molecule has 2 atom stereocenters. The van der Waals surface area contributed by atoms with Gasteiger partial charge in [-0.3, -0.25) is 0 Å². The quantitative estimate of drug-likeness (QED) is 0.680. The molecule has 0 aliphatic heterocycles. The molecule has 0 bridgehead atoms. The van der Waals surface area contributed by atoms with Gasteiger partial charge in [-0.2, -0.15) is 0 Å². The summed E-state index contributed by atoms with van der Waals surface area (Å²) in [6.07, 6.45) is 5.28. The Kier molecular flexibility index (Phi) is 4.35. The second-order valence-electron chi connectivity index (χ2n) is 4.67. The number of hydrogen-bond acceptors (Lipinski definition) is 3. The smallest absolute Gasteiger partial charge is 0.0611 e. The van der Waals surface area contributed by atoms with Gasteiger partial charge in [0.15, 0.2) is 0 Å². The van der Waals surface area contributed by atoms with Gasteiger partial charge in [0.25, 0.3) is 0 Å². The Morgan fingerprint density at radius 3 is 2.57 bits per heavy atom. The molecule has 0 spiro atoms. The van der Waals surface area contributed by atoms with Crippen molar-refractivity contribution >= 4 is 0 Å². The summed E-state index contributed by atoms with van der Waals surface area (Å²) >= 11 is 0. The third kappa shape index (κ3) is 3.23. The third-order valence-corrected chi connectivity index (χ3v) is 3.17. The zero-order valence-electron chi connectivity index (χ0n) is 9.55. The van der Waals surface area contributed by atoms with Crippen LogP contribution in [0.4, 0.5) is 0 Å². The summed E-state index contributed by atoms with van der Waals surface area (Å²) in [6, 6.07) is 0. The maximum Gasteiger partial charge on any atom is 0.0611 e. The van der Waals surface area contributed by atoms with E-state index in [-0.39, 0.29) is 18.2 Å². The van der Waals surface area contributed by atoms with Crippen LogP contribution in [-0.4, -0.2) is 36.5 Å². The summed E-state index contributed by atoms with van der Waals surface area (Å²) < 4.78 is 5.83. The zero-order chi connectivity index (χ0) is 10.6. The second kappa shape index (κ2) is 5.10. The summed E-state index contributed by atoms with van der Waals surface area (Å²) in [5.41, 5.74) is -0.205. The van der Waals surface area contributed by atoms with Gasteiger partial charge < -0.3 is 15.2 Å². The van der Waals surface area contributed by atoms with Crippen molar-refractivity contribution in [3.8, 4) is 0 Å². The van der Waals surface area contributed by atoms with E-state index in [9.17, 15) is 5.11 Å². The van der Waals surface area contributed by atoms with Crippen LogP contribution in [0.3, 0.4) is 0 Å². The topological polar surface area (TPSA) is 41.5 Å². The largest absolute Gasteiger partial charge is 0.394 e. The molecule has 14 heavy (non-hydrogen) atoms. The fourth-order valence-electron chi connectivity index (χ4n) is 1.76. The lowest BCUT2D eigenvalue weighted by atomic mass is 9.93. The van der Waals surface area contributed by atoms with Crippen molar-refractivity contribution in [1.29, 1.82) is 0 Å². The van der Waals surface area contributed by atoms with Crippen molar-refractivity contribution in [2.45, 2.75) is 57.3 Å². The van der Waals surface area contributed by atoms with Gasteiger partial charge in [-0.1, -0.05) is 0 Å². The highest BCUT2D eigenvalue weighted by molar-refractivity contribution is 4.83. The highest BCUT2D eigenvalue weighted by Gasteiger charge is 2.27. The van der Waals surface area contributed by atoms with Crippen LogP contribution in [0.5, 0.6) is 0 Å². The van der Waals surface area contributed by atoms with E-state index in [1.54, 1.807) is 0 Å². The molecule has 0 radical (unpaired) electrons. The van der Waals surface area contributed by atoms with Gasteiger partial charge >= 0.3 is 0 Å². The van der Waals surface area contributed by atoms with E-state index in [1.165, 1.54) is 19.3 Å². The van der Waals surface area contributed by atoms with Gasteiger partial charge in [0.2, 0.25) is 0 Å². The lowest BCUT2D eigenvalue weighted by molar-refractivity contribution is -0.0579. The van der Waals surface area contributed by atoms with Gasteiger partial charge in [-0.05, 0) is 46.6 Å². The lowest BCUT2D eigenvalue weighted by Crippen LogP contribution is -2.46. The van der Waals surface area contributed by atoms with Gasteiger partial charge in [0, 0.05) is 5.54 Å². The SMILES string of the molecule is CNC(C)(CO)CC(C)OC1CCC1. The summed E-state index contributed by atoms with van der Waals surface area (Å²) in [4.78, 5) is 0. The molecule has 1 aliphatic carbocycles. The van der Waals surface area contributed by atoms with E-state index in [1.807, 2.05) is 14.0 Å². The standard InChI is InChI=1S/C11H23NO2/c1-9(14-10-5-4-6-10)7-11(2,8-13)12-3/h9-10,12-13H,4-8H2,1-3H3. The van der Waals surface area contributed by atoms with E-state index in [4.69, 9.17) is 4.74 Å². The fourth-order valence-corrected chi connectivity index (χ4v) is 1.76. The minimum atomic E-state index is -0.205. The van der Waals surface area contributed by atoms with Crippen LogP contribution < -0.4 is 5.32 Å². The Morgan fingerprint density at radius 1 is 1.57 bits per heavy atom. The van der Waals surface area contributed by atoms with E-state index in [0.29, 0.717) is 6.10 Å². The molecule has 1 saturated carbocycles. The lowest BCUT2D eigenvalue weighted by Gasteiger charge is -2.34. The van der Waals surface area contributed by atoms with Crippen molar-refractivity contribution in [3.63, 3.8) is 0 Å². The first-order valence-corrected chi connectivity index (χ1v) is 5.55. The van der Waals surface area contributed by atoms with Crippen molar-refractivity contribution in [2.75, 3.05) is 13.7 Å². The summed E-state index contributed by atoms with van der Waals surface area (Å²) in [5, 5.41) is 12.4. The highest BCUT2D eigenvalue weighted by atomic mass is 16.5. The van der Waals surface area contributed by atoms with E-state index >= 15 is 0 Å². The monoisotopic (exact) mass is 201 g/mol. The van der Waals surface area contributed by atoms with Crippen molar-refractivity contribution < 1.29 is 9.84 Å². The number of rotatable bonds is 6. The van der Waals surface area contributed by atoms with Crippen LogP contribution >= 0.6 is 0 Å². The molecular formula is C11H23NO2. The molecule has 0 aromatic carbocycles. The summed E-state index contributed by atoms with van der Waals surface area (Å²) in [7, 11) is 1.88. The first-order valence-electron chi connectivity index (χ1n) is 5.55. The molecule has 0 heterocycles. The number of aliphatic hydroxyl groups is 1. The molecule has 2 N–H and O–H groups in total. The fraction of sp³-hybridized carbons (Fsp3) is 1.00. The van der Waals surface area contributed by atoms with Crippen LogP contribution in [0.2, 0.25) is 0 Å². The van der Waals surface area contributed by atoms with E-state index < -0.39 is 0 Å². The van der Waals surface area contributed by atoms with E-state index in [0.717, 1.165) is 6.42 Å². The number of nitrogens with one attached hydrogen (secondary N) is 1. The van der Waals surface area contributed by atoms with Gasteiger partial charge in [0.1, 0.15) is 0 Å². The first-order chi connectivity index (χ1) is 6.59. The molecule has 0 amide bonds. The number of aliphatic hydroxyl groups excluding tert-OH is 1. The van der Waals surface area contributed by atoms with Gasteiger partial charge in [-0.25, -0.2) is 0 Å². The maximum atomic E-state index is 9.22. The van der Waals surface area contributed by atoms with Crippen LogP contribution in [0.25, 0.3) is 0 Å². The molecule has 0 aromatic rings. The number of ether oxygens (including phenoxy) is 1. The molecule has 0 aromatic heterocycles. The van der Waals surface area contributed by atoms with Crippen molar-refractivity contribution in [3.05, 3.63) is 0 Å². The normalized spacial score (nSPS) is 24.0. The average molecular weight is 201 g/mol. The van der Waals surface area contributed by atoms with Crippen LogP contribution in [-0.2, 0) is 4.74 Å². The van der Waals surface area contributed by atoms with Crippen molar-refractivity contribution in [1.82, 2.24) is 5.32 Å². The Hall–Kier alpha value is -0.120. The Morgan fingerprint density at radius 2 is 2.21 bits per heavy atom. The number of likely N-dealkylation sites (N-methyl/N-ethyl adjacent to an activating group) is 1. The summed E-state index contributed by atoms with van der Waals surface area (Å²) in [5.74, 6) is 0. The van der Waals surface area contributed by atoms with Gasteiger partial charge in [-0.15, -0.1) is 0 Å². The first kappa shape index (κ1) is 12.0. The highest BCUT2D eigenvalue weighted by Crippen LogP contribution is 2.25. The molecular weight excluding hydrogens is 178 g/mol. The van der Waals surface area contributed by atoms with E-state index in [2.05, 4.69) is 12.2 Å². The Balaban J connectivity index is 2.26. The minimum absolute atomic E-state index is 0.155. The maximum absolute atomic E-state index is 9.22. The van der Waals surface area contributed by atoms with Gasteiger partial charge in [0.05, 0.1) is 18.8 Å². The predicted octanol–water partition coefficient (Wildman–Crippen LogP) is 1.30. The zero-order valence-corrected chi connectivity index (χ0v) is 9.55. The third-order valence-electron chi connectivity index (χ3n) is 3.17. The summed E-state index contributed by atoms with van der Waals surface area (Å²) in [6.45, 7) is 4.26.